The molecule has 2 aromatic carbocycles. The summed E-state index contributed by atoms with van der Waals surface area (Å²) in [5, 5.41) is 3.62. The van der Waals surface area contributed by atoms with Crippen molar-refractivity contribution in [3.63, 3.8) is 0 Å². The molecule has 1 atom stereocenters. The first-order chi connectivity index (χ1) is 10.3. The number of methoxy groups -OCH3 is 1. The zero-order valence-corrected chi connectivity index (χ0v) is 13.5. The SMILES string of the molecule is COc1ccc(CN[C@H]2CCOc3ccccc32)cc1Br. The summed E-state index contributed by atoms with van der Waals surface area (Å²) in [6.45, 7) is 1.59. The van der Waals surface area contributed by atoms with Gasteiger partial charge in [-0.25, -0.2) is 0 Å². The molecule has 0 amide bonds. The molecule has 3 nitrogen and oxygen atoms in total. The lowest BCUT2D eigenvalue weighted by atomic mass is 10.0. The van der Waals surface area contributed by atoms with Gasteiger partial charge in [0.05, 0.1) is 18.2 Å². The van der Waals surface area contributed by atoms with E-state index in [0.717, 1.165) is 35.5 Å². The van der Waals surface area contributed by atoms with Gasteiger partial charge in [-0.3, -0.25) is 0 Å². The van der Waals surface area contributed by atoms with E-state index in [1.54, 1.807) is 7.11 Å². The van der Waals surface area contributed by atoms with Crippen LogP contribution in [-0.2, 0) is 6.54 Å². The molecule has 0 unspecified atom stereocenters. The van der Waals surface area contributed by atoms with Crippen molar-refractivity contribution >= 4 is 15.9 Å². The Morgan fingerprint density at radius 3 is 2.95 bits per heavy atom. The van der Waals surface area contributed by atoms with E-state index >= 15 is 0 Å². The van der Waals surface area contributed by atoms with E-state index < -0.39 is 0 Å². The summed E-state index contributed by atoms with van der Waals surface area (Å²) in [5.41, 5.74) is 2.47. The summed E-state index contributed by atoms with van der Waals surface area (Å²) in [5.74, 6) is 1.85. The highest BCUT2D eigenvalue weighted by molar-refractivity contribution is 9.10. The number of hydrogen-bond acceptors (Lipinski definition) is 3. The molecule has 110 valence electrons. The number of para-hydroxylation sites is 1. The molecule has 0 spiro atoms. The Morgan fingerprint density at radius 1 is 1.29 bits per heavy atom. The smallest absolute Gasteiger partial charge is 0.133 e. The van der Waals surface area contributed by atoms with Crippen LogP contribution in [0.1, 0.15) is 23.6 Å². The molecule has 1 aliphatic heterocycles. The third-order valence-electron chi connectivity index (χ3n) is 3.73. The van der Waals surface area contributed by atoms with Crippen LogP contribution in [0.15, 0.2) is 46.9 Å². The number of rotatable bonds is 4. The summed E-state index contributed by atoms with van der Waals surface area (Å²) >= 11 is 3.53. The molecule has 0 aliphatic carbocycles. The van der Waals surface area contributed by atoms with E-state index in [4.69, 9.17) is 9.47 Å². The van der Waals surface area contributed by atoms with Crippen molar-refractivity contribution in [2.45, 2.75) is 19.0 Å². The van der Waals surface area contributed by atoms with Crippen LogP contribution in [0.2, 0.25) is 0 Å². The van der Waals surface area contributed by atoms with Gasteiger partial charge in [0.15, 0.2) is 0 Å². The topological polar surface area (TPSA) is 30.5 Å². The third-order valence-corrected chi connectivity index (χ3v) is 4.35. The molecule has 0 radical (unpaired) electrons. The second kappa shape index (κ2) is 6.50. The van der Waals surface area contributed by atoms with Gasteiger partial charge in [-0.1, -0.05) is 24.3 Å². The van der Waals surface area contributed by atoms with Crippen LogP contribution >= 0.6 is 15.9 Å². The predicted octanol–water partition coefficient (Wildman–Crippen LogP) is 4.07. The Labute approximate surface area is 133 Å². The number of halogens is 1. The van der Waals surface area contributed by atoms with Crippen molar-refractivity contribution in [1.82, 2.24) is 5.32 Å². The van der Waals surface area contributed by atoms with Gasteiger partial charge in [0.2, 0.25) is 0 Å². The maximum Gasteiger partial charge on any atom is 0.133 e. The zero-order valence-electron chi connectivity index (χ0n) is 11.9. The molecule has 1 heterocycles. The van der Waals surface area contributed by atoms with Gasteiger partial charge >= 0.3 is 0 Å². The molecular formula is C17H18BrNO2. The molecule has 0 saturated heterocycles. The van der Waals surface area contributed by atoms with Crippen molar-refractivity contribution in [2.75, 3.05) is 13.7 Å². The molecule has 4 heteroatoms. The average Bonchev–Trinajstić information content (AvgIpc) is 2.53. The molecule has 0 bridgehead atoms. The van der Waals surface area contributed by atoms with Gasteiger partial charge in [0, 0.05) is 24.6 Å². The highest BCUT2D eigenvalue weighted by Gasteiger charge is 2.20. The van der Waals surface area contributed by atoms with Crippen molar-refractivity contribution in [3.05, 3.63) is 58.1 Å². The first-order valence-corrected chi connectivity index (χ1v) is 7.85. The van der Waals surface area contributed by atoms with Gasteiger partial charge in [-0.2, -0.15) is 0 Å². The van der Waals surface area contributed by atoms with Crippen LogP contribution < -0.4 is 14.8 Å². The second-order valence-electron chi connectivity index (χ2n) is 5.08. The van der Waals surface area contributed by atoms with Gasteiger partial charge in [-0.05, 0) is 39.7 Å². The number of fused-ring (bicyclic) bond motifs is 1. The van der Waals surface area contributed by atoms with Crippen LogP contribution in [0.25, 0.3) is 0 Å². The van der Waals surface area contributed by atoms with E-state index in [0.29, 0.717) is 6.04 Å². The Hall–Kier alpha value is -1.52. The van der Waals surface area contributed by atoms with E-state index in [2.05, 4.69) is 45.5 Å². The largest absolute Gasteiger partial charge is 0.496 e. The maximum atomic E-state index is 5.69. The molecule has 0 aromatic heterocycles. The van der Waals surface area contributed by atoms with Gasteiger partial charge < -0.3 is 14.8 Å². The summed E-state index contributed by atoms with van der Waals surface area (Å²) in [6.07, 6.45) is 0.994. The predicted molar refractivity (Wildman–Crippen MR) is 86.8 cm³/mol. The van der Waals surface area contributed by atoms with Gasteiger partial charge in [-0.15, -0.1) is 0 Å². The quantitative estimate of drug-likeness (QED) is 0.904. The minimum Gasteiger partial charge on any atom is -0.496 e. The monoisotopic (exact) mass is 347 g/mol. The zero-order chi connectivity index (χ0) is 14.7. The summed E-state index contributed by atoms with van der Waals surface area (Å²) in [6, 6.07) is 14.8. The maximum absolute atomic E-state index is 5.69. The van der Waals surface area contributed by atoms with Crippen molar-refractivity contribution in [1.29, 1.82) is 0 Å². The fourth-order valence-corrected chi connectivity index (χ4v) is 3.20. The Balaban J connectivity index is 1.70. The molecule has 1 aliphatic rings. The van der Waals surface area contributed by atoms with Crippen LogP contribution in [0, 0.1) is 0 Å². The highest BCUT2D eigenvalue weighted by atomic mass is 79.9. The molecule has 0 saturated carbocycles. The van der Waals surface area contributed by atoms with E-state index in [1.165, 1.54) is 11.1 Å². The minimum absolute atomic E-state index is 0.343. The lowest BCUT2D eigenvalue weighted by Crippen LogP contribution is -2.26. The van der Waals surface area contributed by atoms with Crippen molar-refractivity contribution in [3.8, 4) is 11.5 Å². The van der Waals surface area contributed by atoms with Crippen molar-refractivity contribution in [2.24, 2.45) is 0 Å². The van der Waals surface area contributed by atoms with Crippen LogP contribution in [0.5, 0.6) is 11.5 Å². The van der Waals surface area contributed by atoms with Crippen molar-refractivity contribution < 1.29 is 9.47 Å². The number of nitrogens with one attached hydrogen (secondary N) is 1. The fraction of sp³-hybridized carbons (Fsp3) is 0.294. The summed E-state index contributed by atoms with van der Waals surface area (Å²) in [7, 11) is 1.68. The first-order valence-electron chi connectivity index (χ1n) is 7.05. The summed E-state index contributed by atoms with van der Waals surface area (Å²) in [4.78, 5) is 0. The number of benzene rings is 2. The molecule has 1 N–H and O–H groups in total. The molecular weight excluding hydrogens is 330 g/mol. The van der Waals surface area contributed by atoms with Crippen LogP contribution in [0.3, 0.4) is 0 Å². The Bertz CT molecular complexity index is 630. The molecule has 2 aromatic rings. The normalized spacial score (nSPS) is 17.0. The molecule has 3 rings (SSSR count). The van der Waals surface area contributed by atoms with Crippen LogP contribution in [0.4, 0.5) is 0 Å². The highest BCUT2D eigenvalue weighted by Crippen LogP contribution is 2.32. The minimum atomic E-state index is 0.343. The lowest BCUT2D eigenvalue weighted by molar-refractivity contribution is 0.252. The molecule has 0 fully saturated rings. The van der Waals surface area contributed by atoms with Crippen LogP contribution in [-0.4, -0.2) is 13.7 Å². The number of hydrogen-bond donors (Lipinski definition) is 1. The lowest BCUT2D eigenvalue weighted by Gasteiger charge is -2.26. The van der Waals surface area contributed by atoms with E-state index in [-0.39, 0.29) is 0 Å². The fourth-order valence-electron chi connectivity index (χ4n) is 2.62. The first kappa shape index (κ1) is 14.4. The average molecular weight is 348 g/mol. The standard InChI is InChI=1S/C17H18BrNO2/c1-20-17-7-6-12(10-14(17)18)11-19-15-8-9-21-16-5-3-2-4-13(15)16/h2-7,10,15,19H,8-9,11H2,1H3/t15-/m0/s1. The Kier molecular flexibility index (Phi) is 4.46. The second-order valence-corrected chi connectivity index (χ2v) is 5.93. The molecule has 21 heavy (non-hydrogen) atoms. The third kappa shape index (κ3) is 3.22. The number of ether oxygens (including phenoxy) is 2. The van der Waals surface area contributed by atoms with E-state index in [1.807, 2.05) is 18.2 Å². The van der Waals surface area contributed by atoms with E-state index in [9.17, 15) is 0 Å². The van der Waals surface area contributed by atoms with Gasteiger partial charge in [0.25, 0.3) is 0 Å². The van der Waals surface area contributed by atoms with Gasteiger partial charge in [0.1, 0.15) is 11.5 Å². The summed E-state index contributed by atoms with van der Waals surface area (Å²) < 4.78 is 11.9. The Morgan fingerprint density at radius 2 is 2.14 bits per heavy atom.